The number of carbonyl (C=O) groups is 5. The molecule has 7 N–H and O–H groups in total. The van der Waals surface area contributed by atoms with Gasteiger partial charge in [-0.1, -0.05) is 25.5 Å². The molecule has 0 aliphatic carbocycles. The molecule has 2 heterocycles. The second-order valence-electron chi connectivity index (χ2n) is 13.3. The molecule has 0 spiro atoms. The number of benzene rings is 2. The van der Waals surface area contributed by atoms with E-state index < -0.39 is 17.5 Å². The predicted molar refractivity (Wildman–Crippen MR) is 200 cm³/mol. The highest BCUT2D eigenvalue weighted by molar-refractivity contribution is 6.00. The van der Waals surface area contributed by atoms with Gasteiger partial charge in [-0.25, -0.2) is 0 Å². The van der Waals surface area contributed by atoms with Crippen LogP contribution >= 0.6 is 0 Å². The Kier molecular flexibility index (Phi) is 17.3. The smallest absolute Gasteiger partial charge is 0.247 e. The Morgan fingerprint density at radius 3 is 2.42 bits per heavy atom. The maximum atomic E-state index is 13.7. The van der Waals surface area contributed by atoms with E-state index in [2.05, 4.69) is 20.9 Å². The molecule has 4 rings (SSSR count). The fourth-order valence-corrected chi connectivity index (χ4v) is 6.24. The lowest BCUT2D eigenvalue weighted by Crippen LogP contribution is -2.73. The number of nitrogens with one attached hydrogen (secondary N) is 3. The molecule has 15 heteroatoms. The second kappa shape index (κ2) is 21.3. The molecule has 0 saturated carbocycles. The maximum absolute atomic E-state index is 13.7. The molecule has 0 radical (unpaired) electrons. The number of nitrogen functional groups attached to an aromatic ring is 1. The Hall–Kier alpha value is -4.25. The summed E-state index contributed by atoms with van der Waals surface area (Å²) < 4.78 is 10.8. The van der Waals surface area contributed by atoms with E-state index in [1.54, 1.807) is 48.3 Å². The van der Waals surface area contributed by atoms with Crippen LogP contribution in [0.15, 0.2) is 36.4 Å². The van der Waals surface area contributed by atoms with Crippen molar-refractivity contribution in [1.82, 2.24) is 25.3 Å². The Balaban J connectivity index is 0.000000564. The second-order valence-corrected chi connectivity index (χ2v) is 13.3. The zero-order valence-corrected chi connectivity index (χ0v) is 30.9. The van der Waals surface area contributed by atoms with Crippen LogP contribution in [-0.2, 0) is 25.7 Å². The average molecular weight is 725 g/mol. The molecule has 2 aromatic carbocycles. The van der Waals surface area contributed by atoms with Crippen LogP contribution in [0.3, 0.4) is 0 Å². The van der Waals surface area contributed by atoms with Gasteiger partial charge in [-0.3, -0.25) is 39.1 Å². The lowest BCUT2D eigenvalue weighted by molar-refractivity contribution is -0.131. The number of amides is 3. The normalized spacial score (nSPS) is 16.2. The fraction of sp³-hybridized carbons (Fsp3) is 0.541. The average Bonchev–Trinajstić information content (AvgIpc) is 3.12. The first-order chi connectivity index (χ1) is 25.0. The van der Waals surface area contributed by atoms with Crippen LogP contribution in [-0.4, -0.2) is 137 Å². The monoisotopic (exact) mass is 724 g/mol. The van der Waals surface area contributed by atoms with Crippen LogP contribution in [0.2, 0.25) is 0 Å². The number of likely N-dealkylation sites (N-methyl/N-ethyl adjacent to an activating group) is 2. The molecule has 15 nitrogen and oxygen atoms in total. The van der Waals surface area contributed by atoms with Gasteiger partial charge in [0.2, 0.25) is 18.2 Å². The summed E-state index contributed by atoms with van der Waals surface area (Å²) in [5, 5.41) is 8.52. The van der Waals surface area contributed by atoms with Crippen LogP contribution in [0.4, 0.5) is 11.4 Å². The topological polar surface area (TPSA) is 202 Å². The lowest BCUT2D eigenvalue weighted by Gasteiger charge is -2.47. The summed E-state index contributed by atoms with van der Waals surface area (Å²) in [7, 11) is 5.21. The predicted octanol–water partition coefficient (Wildman–Crippen LogP) is 1.11. The van der Waals surface area contributed by atoms with Crippen LogP contribution < -0.4 is 32.2 Å². The van der Waals surface area contributed by atoms with Gasteiger partial charge in [-0.15, -0.1) is 0 Å². The van der Waals surface area contributed by atoms with Gasteiger partial charge in [0.05, 0.1) is 32.1 Å². The Morgan fingerprint density at radius 1 is 1.10 bits per heavy atom. The number of aldehydes is 2. The van der Waals surface area contributed by atoms with Crippen molar-refractivity contribution in [3.63, 3.8) is 0 Å². The summed E-state index contributed by atoms with van der Waals surface area (Å²) in [5.74, 6) is -0.0317. The number of piperidine rings is 1. The number of carbonyl (C=O) groups excluding carboxylic acids is 5. The maximum Gasteiger partial charge on any atom is 0.247 e. The first kappa shape index (κ1) is 42.2. The van der Waals surface area contributed by atoms with Gasteiger partial charge in [-0.05, 0) is 70.7 Å². The highest BCUT2D eigenvalue weighted by Gasteiger charge is 2.47. The zero-order chi connectivity index (χ0) is 38.1. The van der Waals surface area contributed by atoms with Crippen molar-refractivity contribution in [1.29, 1.82) is 0 Å². The third-order valence-electron chi connectivity index (χ3n) is 9.73. The van der Waals surface area contributed by atoms with Crippen molar-refractivity contribution < 1.29 is 33.4 Å². The molecule has 2 aromatic rings. The molecule has 52 heavy (non-hydrogen) atoms. The van der Waals surface area contributed by atoms with E-state index in [-0.39, 0.29) is 12.5 Å². The number of ether oxygens (including phenoxy) is 2. The number of anilines is 2. The minimum atomic E-state index is -0.749. The van der Waals surface area contributed by atoms with Gasteiger partial charge < -0.3 is 36.5 Å². The van der Waals surface area contributed by atoms with E-state index >= 15 is 0 Å². The number of nitrogens with two attached hydrogens (primary N) is 2. The molecule has 2 saturated heterocycles. The summed E-state index contributed by atoms with van der Waals surface area (Å²) in [6.45, 7) is 7.82. The van der Waals surface area contributed by atoms with Crippen molar-refractivity contribution >= 4 is 42.2 Å². The Labute approximate surface area is 306 Å². The third-order valence-corrected chi connectivity index (χ3v) is 9.73. The first-order valence-corrected chi connectivity index (χ1v) is 17.7. The van der Waals surface area contributed by atoms with E-state index in [0.717, 1.165) is 51.5 Å². The van der Waals surface area contributed by atoms with Crippen molar-refractivity contribution in [2.75, 3.05) is 84.7 Å². The summed E-state index contributed by atoms with van der Waals surface area (Å²) >= 11 is 0. The van der Waals surface area contributed by atoms with Gasteiger partial charge >= 0.3 is 0 Å². The summed E-state index contributed by atoms with van der Waals surface area (Å²) in [4.78, 5) is 65.5. The molecule has 1 atom stereocenters. The standard InChI is InChI=1S/C29H47N7O5.C8H9NO2/c1-4-6-26(27(39)32-21-38)34(2)17-24-22(18-37)7-5-8-25(24)33-28(40)29(19-31-20-29)35(3)13-15-41-16-14-36-11-9-23(30)10-12-36;1-11-8-4-6(5-10)2-3-7(8)9/h5,7-8,18,21,23,26,31H,4,6,9-17,19-20,30H2,1-3H3,(H,33,40)(H,32,38,39);2-5H,9H2,1H3. The molecule has 2 aliphatic rings. The zero-order valence-electron chi connectivity index (χ0n) is 30.9. The minimum absolute atomic E-state index is 0.167. The SMILES string of the molecule is CCCC(C(=O)NC=O)N(C)Cc1c(C=O)cccc1NC(=O)C1(N(C)CCOCCN2CCC(N)CC2)CNC1.COc1cc(C=O)ccc1N. The minimum Gasteiger partial charge on any atom is -0.495 e. The number of nitrogens with zero attached hydrogens (tertiary/aromatic N) is 3. The van der Waals surface area contributed by atoms with E-state index in [9.17, 15) is 24.0 Å². The van der Waals surface area contributed by atoms with E-state index in [1.165, 1.54) is 7.11 Å². The Bertz CT molecular complexity index is 1480. The molecule has 1 unspecified atom stereocenters. The van der Waals surface area contributed by atoms with Crippen LogP contribution in [0, 0.1) is 0 Å². The third kappa shape index (κ3) is 11.6. The molecule has 0 aromatic heterocycles. The molecule has 2 fully saturated rings. The summed E-state index contributed by atoms with van der Waals surface area (Å²) in [6.07, 6.45) is 5.20. The number of hydrogen-bond acceptors (Lipinski definition) is 13. The number of imide groups is 1. The van der Waals surface area contributed by atoms with Crippen LogP contribution in [0.5, 0.6) is 5.75 Å². The summed E-state index contributed by atoms with van der Waals surface area (Å²) in [5.41, 5.74) is 13.4. The van der Waals surface area contributed by atoms with Gasteiger partial charge in [0.1, 0.15) is 23.9 Å². The summed E-state index contributed by atoms with van der Waals surface area (Å²) in [6, 6.07) is 9.82. The Morgan fingerprint density at radius 2 is 1.83 bits per heavy atom. The van der Waals surface area contributed by atoms with Crippen LogP contribution in [0.1, 0.15) is 58.9 Å². The fourth-order valence-electron chi connectivity index (χ4n) is 6.24. The number of likely N-dealkylation sites (tertiary alicyclic amines) is 1. The highest BCUT2D eigenvalue weighted by Crippen LogP contribution is 2.27. The largest absolute Gasteiger partial charge is 0.495 e. The number of rotatable bonds is 19. The van der Waals surface area contributed by atoms with Gasteiger partial charge in [0, 0.05) is 61.1 Å². The van der Waals surface area contributed by atoms with Crippen molar-refractivity contribution in [2.45, 2.75) is 56.8 Å². The lowest BCUT2D eigenvalue weighted by atomic mass is 9.89. The van der Waals surface area contributed by atoms with E-state index in [1.807, 2.05) is 18.9 Å². The van der Waals surface area contributed by atoms with Crippen molar-refractivity contribution in [3.8, 4) is 5.75 Å². The highest BCUT2D eigenvalue weighted by atomic mass is 16.5. The van der Waals surface area contributed by atoms with Crippen molar-refractivity contribution in [3.05, 3.63) is 53.1 Å². The van der Waals surface area contributed by atoms with E-state index in [4.69, 9.17) is 20.9 Å². The van der Waals surface area contributed by atoms with Crippen molar-refractivity contribution in [2.24, 2.45) is 5.73 Å². The molecule has 0 bridgehead atoms. The molecular weight excluding hydrogens is 668 g/mol. The number of methoxy groups -OCH3 is 1. The van der Waals surface area contributed by atoms with Gasteiger partial charge in [0.15, 0.2) is 0 Å². The van der Waals surface area contributed by atoms with E-state index in [0.29, 0.717) is 85.5 Å². The molecule has 2 aliphatic heterocycles. The number of hydrogen-bond donors (Lipinski definition) is 5. The first-order valence-electron chi connectivity index (χ1n) is 17.7. The van der Waals surface area contributed by atoms with Crippen LogP contribution in [0.25, 0.3) is 0 Å². The molecule has 286 valence electrons. The molecular formula is C37H56N8O7. The van der Waals surface area contributed by atoms with Gasteiger partial charge in [0.25, 0.3) is 0 Å². The quantitative estimate of drug-likeness (QED) is 0.0785. The molecule has 3 amide bonds. The van der Waals surface area contributed by atoms with Gasteiger partial charge in [-0.2, -0.15) is 0 Å².